The molecule has 0 saturated carbocycles. The first-order chi connectivity index (χ1) is 7.22. The Balaban J connectivity index is 2.55. The van der Waals surface area contributed by atoms with Gasteiger partial charge in [-0.3, -0.25) is 4.79 Å². The Morgan fingerprint density at radius 1 is 1.53 bits per heavy atom. The highest BCUT2D eigenvalue weighted by atomic mass is 16.5. The van der Waals surface area contributed by atoms with E-state index in [9.17, 15) is 4.79 Å². The first-order valence-corrected chi connectivity index (χ1v) is 4.57. The van der Waals surface area contributed by atoms with Gasteiger partial charge in [0.1, 0.15) is 17.6 Å². The molecule has 0 N–H and O–H groups in total. The molecule has 15 heavy (non-hydrogen) atoms. The molecule has 0 saturated heterocycles. The lowest BCUT2D eigenvalue weighted by Crippen LogP contribution is -2.04. The Labute approximate surface area is 86.7 Å². The zero-order valence-electron chi connectivity index (χ0n) is 8.60. The lowest BCUT2D eigenvalue weighted by Gasteiger charge is -2.02. The summed E-state index contributed by atoms with van der Waals surface area (Å²) >= 11 is 0. The van der Waals surface area contributed by atoms with Crippen LogP contribution < -0.4 is 4.74 Å². The van der Waals surface area contributed by atoms with Crippen molar-refractivity contribution < 1.29 is 9.53 Å². The Kier molecular flexibility index (Phi) is 2.37. The predicted octanol–water partition coefficient (Wildman–Crippen LogP) is 0.869. The van der Waals surface area contributed by atoms with Crippen LogP contribution in [0.2, 0.25) is 0 Å². The molecule has 0 amide bonds. The smallest absolute Gasteiger partial charge is 0.241 e. The highest BCUT2D eigenvalue weighted by Crippen LogP contribution is 2.17. The largest absolute Gasteiger partial charge is 0.479 e. The number of hydrogen-bond acceptors (Lipinski definition) is 4. The van der Waals surface area contributed by atoms with E-state index in [0.29, 0.717) is 12.3 Å². The molecule has 78 valence electrons. The van der Waals surface area contributed by atoms with Crippen molar-refractivity contribution >= 4 is 11.3 Å². The van der Waals surface area contributed by atoms with Crippen molar-refractivity contribution in [3.05, 3.63) is 24.2 Å². The van der Waals surface area contributed by atoms with Gasteiger partial charge in [0, 0.05) is 6.42 Å². The number of aromatic nitrogens is 3. The van der Waals surface area contributed by atoms with Crippen molar-refractivity contribution in [3.8, 4) is 5.88 Å². The Morgan fingerprint density at radius 2 is 2.33 bits per heavy atom. The van der Waals surface area contributed by atoms with Gasteiger partial charge < -0.3 is 4.74 Å². The lowest BCUT2D eigenvalue weighted by atomic mass is 10.2. The molecule has 0 unspecified atom stereocenters. The molecule has 0 aliphatic carbocycles. The lowest BCUT2D eigenvalue weighted by molar-refractivity contribution is -0.116. The molecule has 0 bridgehead atoms. The normalized spacial score (nSPS) is 10.5. The van der Waals surface area contributed by atoms with Gasteiger partial charge in [0.25, 0.3) is 0 Å². The van der Waals surface area contributed by atoms with Crippen molar-refractivity contribution in [2.24, 2.45) is 0 Å². The summed E-state index contributed by atoms with van der Waals surface area (Å²) in [6.45, 7) is 1.55. The third kappa shape index (κ3) is 1.68. The van der Waals surface area contributed by atoms with Crippen molar-refractivity contribution in [1.82, 2.24) is 14.6 Å². The summed E-state index contributed by atoms with van der Waals surface area (Å²) < 4.78 is 6.76. The zero-order valence-corrected chi connectivity index (χ0v) is 8.60. The fraction of sp³-hybridized carbons (Fsp3) is 0.300. The SMILES string of the molecule is COc1ncnn2c(CC(C)=O)ccc12. The number of methoxy groups -OCH3 is 1. The molecule has 2 aromatic heterocycles. The summed E-state index contributed by atoms with van der Waals surface area (Å²) in [5.41, 5.74) is 1.62. The summed E-state index contributed by atoms with van der Waals surface area (Å²) in [7, 11) is 1.56. The minimum absolute atomic E-state index is 0.104. The number of fused-ring (bicyclic) bond motifs is 1. The third-order valence-electron chi connectivity index (χ3n) is 2.12. The van der Waals surface area contributed by atoms with Gasteiger partial charge in [0.05, 0.1) is 12.8 Å². The van der Waals surface area contributed by atoms with Crippen LogP contribution in [0.5, 0.6) is 5.88 Å². The number of ether oxygens (including phenoxy) is 1. The van der Waals surface area contributed by atoms with E-state index in [0.717, 1.165) is 11.2 Å². The van der Waals surface area contributed by atoms with Gasteiger partial charge in [-0.05, 0) is 19.1 Å². The first-order valence-electron chi connectivity index (χ1n) is 4.57. The summed E-state index contributed by atoms with van der Waals surface area (Å²) in [5.74, 6) is 0.618. The average Bonchev–Trinajstić information content (AvgIpc) is 2.61. The second-order valence-corrected chi connectivity index (χ2v) is 3.27. The van der Waals surface area contributed by atoms with E-state index in [2.05, 4.69) is 10.1 Å². The van der Waals surface area contributed by atoms with Crippen LogP contribution in [-0.4, -0.2) is 27.5 Å². The number of rotatable bonds is 3. The van der Waals surface area contributed by atoms with E-state index >= 15 is 0 Å². The predicted molar refractivity (Wildman–Crippen MR) is 53.9 cm³/mol. The number of hydrogen-bond donors (Lipinski definition) is 0. The number of nitrogens with zero attached hydrogens (tertiary/aromatic N) is 3. The first kappa shape index (κ1) is 9.64. The molecule has 2 aromatic rings. The fourth-order valence-electron chi connectivity index (χ4n) is 1.51. The average molecular weight is 205 g/mol. The van der Waals surface area contributed by atoms with Gasteiger partial charge in [-0.15, -0.1) is 0 Å². The van der Waals surface area contributed by atoms with E-state index in [-0.39, 0.29) is 5.78 Å². The van der Waals surface area contributed by atoms with Crippen LogP contribution >= 0.6 is 0 Å². The van der Waals surface area contributed by atoms with Crippen LogP contribution in [0.25, 0.3) is 5.52 Å². The molecule has 5 nitrogen and oxygen atoms in total. The molecule has 0 fully saturated rings. The van der Waals surface area contributed by atoms with Gasteiger partial charge in [-0.2, -0.15) is 10.1 Å². The highest BCUT2D eigenvalue weighted by Gasteiger charge is 2.09. The van der Waals surface area contributed by atoms with Crippen molar-refractivity contribution in [1.29, 1.82) is 0 Å². The Bertz CT molecular complexity index is 504. The molecule has 0 spiro atoms. The molecule has 0 radical (unpaired) electrons. The maximum Gasteiger partial charge on any atom is 0.241 e. The Morgan fingerprint density at radius 3 is 3.00 bits per heavy atom. The van der Waals surface area contributed by atoms with E-state index in [1.165, 1.54) is 6.33 Å². The van der Waals surface area contributed by atoms with Crippen LogP contribution in [-0.2, 0) is 11.2 Å². The van der Waals surface area contributed by atoms with Gasteiger partial charge in [0.2, 0.25) is 5.88 Å². The standard InChI is InChI=1S/C10H11N3O2/c1-7(14)5-8-3-4-9-10(15-2)11-6-12-13(8)9/h3-4,6H,5H2,1-2H3. The third-order valence-corrected chi connectivity index (χ3v) is 2.12. The molecular formula is C10H11N3O2. The molecule has 5 heteroatoms. The number of carbonyl (C=O) groups is 1. The minimum atomic E-state index is 0.104. The summed E-state index contributed by atoms with van der Waals surface area (Å²) in [5, 5.41) is 4.08. The van der Waals surface area contributed by atoms with Crippen LogP contribution in [0, 0.1) is 0 Å². The van der Waals surface area contributed by atoms with Gasteiger partial charge >= 0.3 is 0 Å². The second-order valence-electron chi connectivity index (χ2n) is 3.27. The van der Waals surface area contributed by atoms with E-state index in [4.69, 9.17) is 4.74 Å². The molecule has 0 aromatic carbocycles. The van der Waals surface area contributed by atoms with Crippen LogP contribution in [0.15, 0.2) is 18.5 Å². The molecular weight excluding hydrogens is 194 g/mol. The summed E-state index contributed by atoms with van der Waals surface area (Å²) in [6.07, 6.45) is 1.78. The van der Waals surface area contributed by atoms with Crippen LogP contribution in [0.4, 0.5) is 0 Å². The Hall–Kier alpha value is -1.91. The summed E-state index contributed by atoms with van der Waals surface area (Å²) in [4.78, 5) is 15.0. The quantitative estimate of drug-likeness (QED) is 0.746. The second kappa shape index (κ2) is 3.68. The van der Waals surface area contributed by atoms with Crippen molar-refractivity contribution in [3.63, 3.8) is 0 Å². The van der Waals surface area contributed by atoms with Gasteiger partial charge in [0.15, 0.2) is 0 Å². The van der Waals surface area contributed by atoms with Crippen LogP contribution in [0.3, 0.4) is 0 Å². The van der Waals surface area contributed by atoms with Crippen molar-refractivity contribution in [2.45, 2.75) is 13.3 Å². The number of ketones is 1. The highest BCUT2D eigenvalue weighted by molar-refractivity contribution is 5.78. The molecule has 0 aliphatic heterocycles. The van der Waals surface area contributed by atoms with E-state index in [1.54, 1.807) is 18.5 Å². The van der Waals surface area contributed by atoms with Gasteiger partial charge in [-0.1, -0.05) is 0 Å². The number of carbonyl (C=O) groups excluding carboxylic acids is 1. The van der Waals surface area contributed by atoms with E-state index < -0.39 is 0 Å². The van der Waals surface area contributed by atoms with Crippen LogP contribution in [0.1, 0.15) is 12.6 Å². The van der Waals surface area contributed by atoms with E-state index in [1.807, 2.05) is 12.1 Å². The number of Topliss-reactive ketones (excluding diaryl/α,β-unsaturated/α-hetero) is 1. The molecule has 2 rings (SSSR count). The monoisotopic (exact) mass is 205 g/mol. The maximum absolute atomic E-state index is 11.0. The molecule has 0 atom stereocenters. The minimum Gasteiger partial charge on any atom is -0.479 e. The summed E-state index contributed by atoms with van der Waals surface area (Å²) in [6, 6.07) is 3.70. The van der Waals surface area contributed by atoms with Crippen molar-refractivity contribution in [2.75, 3.05) is 7.11 Å². The molecule has 0 aliphatic rings. The fourth-order valence-corrected chi connectivity index (χ4v) is 1.51. The topological polar surface area (TPSA) is 56.5 Å². The maximum atomic E-state index is 11.0. The van der Waals surface area contributed by atoms with Gasteiger partial charge in [-0.25, -0.2) is 4.52 Å². The molecule has 2 heterocycles. The zero-order chi connectivity index (χ0) is 10.8.